The molecule has 0 aliphatic rings. The Morgan fingerprint density at radius 2 is 1.71 bits per heavy atom. The van der Waals surface area contributed by atoms with Crippen molar-refractivity contribution < 1.29 is 4.74 Å². The van der Waals surface area contributed by atoms with Crippen molar-refractivity contribution in [2.45, 2.75) is 0 Å². The molecule has 0 amide bonds. The number of hydrogen-bond donors (Lipinski definition) is 2. The molecule has 3 nitrogen and oxygen atoms in total. The fraction of sp³-hybridized carbons (Fsp3) is 0.133. The molecule has 0 bridgehead atoms. The minimum absolute atomic E-state index is 0.491. The summed E-state index contributed by atoms with van der Waals surface area (Å²) in [6.45, 7) is 1.11. The van der Waals surface area contributed by atoms with Crippen molar-refractivity contribution in [1.82, 2.24) is 5.32 Å². The van der Waals surface area contributed by atoms with Crippen LogP contribution in [0.3, 0.4) is 0 Å². The Morgan fingerprint density at radius 1 is 1.05 bits per heavy atom. The lowest BCUT2D eigenvalue weighted by molar-refractivity contribution is 0.323. The first-order valence-electron chi connectivity index (χ1n) is 6.32. The van der Waals surface area contributed by atoms with Crippen LogP contribution in [0.2, 0.25) is 10.0 Å². The maximum Gasteiger partial charge on any atom is 0.170 e. The van der Waals surface area contributed by atoms with Gasteiger partial charge in [-0.3, -0.25) is 0 Å². The van der Waals surface area contributed by atoms with Crippen molar-refractivity contribution in [3.05, 3.63) is 58.6 Å². The molecule has 2 N–H and O–H groups in total. The molecule has 0 aliphatic heterocycles. The first-order chi connectivity index (χ1) is 10.1. The average molecular weight is 341 g/mol. The summed E-state index contributed by atoms with van der Waals surface area (Å²) in [4.78, 5) is 0. The zero-order chi connectivity index (χ0) is 15.1. The second-order valence-electron chi connectivity index (χ2n) is 4.20. The van der Waals surface area contributed by atoms with Crippen molar-refractivity contribution in [2.75, 3.05) is 18.5 Å². The van der Waals surface area contributed by atoms with E-state index in [1.165, 1.54) is 0 Å². The number of thiocarbonyl (C=S) groups is 1. The lowest BCUT2D eigenvalue weighted by Gasteiger charge is -2.12. The summed E-state index contributed by atoms with van der Waals surface area (Å²) in [5.41, 5.74) is 0.744. The predicted octanol–water partition coefficient (Wildman–Crippen LogP) is 4.36. The number of para-hydroxylation sites is 1. The molecule has 0 aliphatic carbocycles. The highest BCUT2D eigenvalue weighted by atomic mass is 35.5. The summed E-state index contributed by atoms with van der Waals surface area (Å²) >= 11 is 17.0. The standard InChI is InChI=1S/C15H14Cl2N2OS/c16-11-8-12(17)10-13(9-11)19-15(21)18-6-7-20-14-4-2-1-3-5-14/h1-5,8-10H,6-7H2,(H2,18,19,21). The molecule has 2 rings (SSSR count). The number of nitrogens with one attached hydrogen (secondary N) is 2. The number of hydrogen-bond acceptors (Lipinski definition) is 2. The maximum atomic E-state index is 5.92. The van der Waals surface area contributed by atoms with Crippen LogP contribution in [-0.4, -0.2) is 18.3 Å². The highest BCUT2D eigenvalue weighted by Crippen LogP contribution is 2.22. The molecule has 0 saturated heterocycles. The van der Waals surface area contributed by atoms with E-state index in [9.17, 15) is 0 Å². The second kappa shape index (κ2) is 8.08. The van der Waals surface area contributed by atoms with E-state index in [-0.39, 0.29) is 0 Å². The van der Waals surface area contributed by atoms with Gasteiger partial charge >= 0.3 is 0 Å². The van der Waals surface area contributed by atoms with Gasteiger partial charge in [-0.2, -0.15) is 0 Å². The summed E-state index contributed by atoms with van der Waals surface area (Å²) in [6, 6.07) is 14.8. The first kappa shape index (κ1) is 15.9. The summed E-state index contributed by atoms with van der Waals surface area (Å²) in [5.74, 6) is 0.833. The number of benzene rings is 2. The fourth-order valence-electron chi connectivity index (χ4n) is 1.65. The van der Waals surface area contributed by atoms with Crippen LogP contribution in [0.25, 0.3) is 0 Å². The van der Waals surface area contributed by atoms with Crippen molar-refractivity contribution in [3.63, 3.8) is 0 Å². The van der Waals surface area contributed by atoms with Crippen LogP contribution >= 0.6 is 35.4 Å². The van der Waals surface area contributed by atoms with Crippen LogP contribution < -0.4 is 15.4 Å². The van der Waals surface area contributed by atoms with Gasteiger partial charge in [0, 0.05) is 15.7 Å². The zero-order valence-corrected chi connectivity index (χ0v) is 13.4. The highest BCUT2D eigenvalue weighted by Gasteiger charge is 2.01. The molecule has 21 heavy (non-hydrogen) atoms. The summed E-state index contributed by atoms with van der Waals surface area (Å²) < 4.78 is 5.55. The molecule has 0 spiro atoms. The van der Waals surface area contributed by atoms with Gasteiger partial charge < -0.3 is 15.4 Å². The molecular weight excluding hydrogens is 327 g/mol. The van der Waals surface area contributed by atoms with Crippen LogP contribution in [0.5, 0.6) is 5.75 Å². The largest absolute Gasteiger partial charge is 0.492 e. The van der Waals surface area contributed by atoms with E-state index in [0.29, 0.717) is 28.3 Å². The van der Waals surface area contributed by atoms with Crippen molar-refractivity contribution in [1.29, 1.82) is 0 Å². The van der Waals surface area contributed by atoms with Gasteiger partial charge in [0.15, 0.2) is 5.11 Å². The molecule has 0 aromatic heterocycles. The van der Waals surface area contributed by atoms with Gasteiger partial charge in [-0.15, -0.1) is 0 Å². The minimum Gasteiger partial charge on any atom is -0.492 e. The van der Waals surface area contributed by atoms with Crippen LogP contribution in [0, 0.1) is 0 Å². The smallest absolute Gasteiger partial charge is 0.170 e. The SMILES string of the molecule is S=C(NCCOc1ccccc1)Nc1cc(Cl)cc(Cl)c1. The van der Waals surface area contributed by atoms with E-state index in [1.807, 2.05) is 30.3 Å². The zero-order valence-electron chi connectivity index (χ0n) is 11.1. The molecule has 0 radical (unpaired) electrons. The Morgan fingerprint density at radius 3 is 2.38 bits per heavy atom. The number of halogens is 2. The van der Waals surface area contributed by atoms with Gasteiger partial charge in [0.05, 0.1) is 6.54 Å². The average Bonchev–Trinajstić information content (AvgIpc) is 2.43. The quantitative estimate of drug-likeness (QED) is 0.625. The second-order valence-corrected chi connectivity index (χ2v) is 5.48. The molecular formula is C15H14Cl2N2OS. The third-order valence-electron chi connectivity index (χ3n) is 2.52. The first-order valence-corrected chi connectivity index (χ1v) is 7.49. The summed E-state index contributed by atoms with van der Waals surface area (Å²) in [6.07, 6.45) is 0. The van der Waals surface area contributed by atoms with Gasteiger partial charge in [0.2, 0.25) is 0 Å². The summed E-state index contributed by atoms with van der Waals surface area (Å²) in [7, 11) is 0. The Balaban J connectivity index is 1.72. The minimum atomic E-state index is 0.491. The van der Waals surface area contributed by atoms with Gasteiger partial charge in [-0.05, 0) is 42.5 Å². The predicted molar refractivity (Wildman–Crippen MR) is 92.6 cm³/mol. The van der Waals surface area contributed by atoms with E-state index in [0.717, 1.165) is 11.4 Å². The molecule has 2 aromatic carbocycles. The van der Waals surface area contributed by atoms with E-state index in [1.54, 1.807) is 18.2 Å². The van der Waals surface area contributed by atoms with E-state index in [2.05, 4.69) is 10.6 Å². The lowest BCUT2D eigenvalue weighted by atomic mass is 10.3. The van der Waals surface area contributed by atoms with Crippen LogP contribution in [0.15, 0.2) is 48.5 Å². The third kappa shape index (κ3) is 5.79. The molecule has 110 valence electrons. The fourth-order valence-corrected chi connectivity index (χ4v) is 2.40. The van der Waals surface area contributed by atoms with Crippen molar-refractivity contribution in [3.8, 4) is 5.75 Å². The number of rotatable bonds is 5. The molecule has 0 unspecified atom stereocenters. The Kier molecular flexibility index (Phi) is 6.11. The maximum absolute atomic E-state index is 5.92. The topological polar surface area (TPSA) is 33.3 Å². The third-order valence-corrected chi connectivity index (χ3v) is 3.20. The van der Waals surface area contributed by atoms with Gasteiger partial charge in [-0.1, -0.05) is 41.4 Å². The van der Waals surface area contributed by atoms with E-state index in [4.69, 9.17) is 40.2 Å². The van der Waals surface area contributed by atoms with Gasteiger partial charge in [0.25, 0.3) is 0 Å². The van der Waals surface area contributed by atoms with Crippen molar-refractivity contribution in [2.24, 2.45) is 0 Å². The highest BCUT2D eigenvalue weighted by molar-refractivity contribution is 7.80. The van der Waals surface area contributed by atoms with Crippen LogP contribution in [-0.2, 0) is 0 Å². The van der Waals surface area contributed by atoms with Crippen LogP contribution in [0.1, 0.15) is 0 Å². The number of anilines is 1. The Hall–Kier alpha value is -1.49. The molecule has 2 aromatic rings. The van der Waals surface area contributed by atoms with E-state index < -0.39 is 0 Å². The molecule has 0 saturated carbocycles. The van der Waals surface area contributed by atoms with Gasteiger partial charge in [-0.25, -0.2) is 0 Å². The van der Waals surface area contributed by atoms with E-state index >= 15 is 0 Å². The lowest BCUT2D eigenvalue weighted by Crippen LogP contribution is -2.31. The van der Waals surface area contributed by atoms with Gasteiger partial charge in [0.1, 0.15) is 12.4 Å². The monoisotopic (exact) mass is 340 g/mol. The van der Waals surface area contributed by atoms with Crippen LogP contribution in [0.4, 0.5) is 5.69 Å². The van der Waals surface area contributed by atoms with Crippen molar-refractivity contribution >= 4 is 46.2 Å². The summed E-state index contributed by atoms with van der Waals surface area (Å²) in [5, 5.41) is 7.67. The molecule has 0 atom stereocenters. The Labute approximate surface area is 139 Å². The molecule has 0 heterocycles. The Bertz CT molecular complexity index is 588. The normalized spacial score (nSPS) is 10.0. The molecule has 6 heteroatoms. The molecule has 0 fully saturated rings. The number of ether oxygens (including phenoxy) is 1.